The summed E-state index contributed by atoms with van der Waals surface area (Å²) in [5.74, 6) is 5.51. The van der Waals surface area contributed by atoms with Gasteiger partial charge in [-0.2, -0.15) is 15.4 Å². The topological polar surface area (TPSA) is 79.6 Å². The fourth-order valence-electron chi connectivity index (χ4n) is 1.59. The van der Waals surface area contributed by atoms with E-state index in [0.29, 0.717) is 0 Å². The zero-order valence-electron chi connectivity index (χ0n) is 9.14. The van der Waals surface area contributed by atoms with Crippen LogP contribution < -0.4 is 11.3 Å². The molecule has 2 rings (SSSR count). The van der Waals surface area contributed by atoms with Gasteiger partial charge < -0.3 is 0 Å². The average Bonchev–Trinajstić information content (AvgIpc) is 2.82. The van der Waals surface area contributed by atoms with Crippen LogP contribution in [0.3, 0.4) is 0 Å². The van der Waals surface area contributed by atoms with Gasteiger partial charge in [0.05, 0.1) is 12.2 Å². The van der Waals surface area contributed by atoms with Gasteiger partial charge in [-0.05, 0) is 18.9 Å². The molecule has 4 N–H and O–H groups in total. The lowest BCUT2D eigenvalue weighted by Crippen LogP contribution is -2.29. The van der Waals surface area contributed by atoms with E-state index in [1.165, 1.54) is 11.1 Å². The number of hydrogen-bond acceptors (Lipinski definition) is 4. The van der Waals surface area contributed by atoms with Crippen molar-refractivity contribution in [3.63, 3.8) is 0 Å². The van der Waals surface area contributed by atoms with Gasteiger partial charge in [-0.15, -0.1) is 0 Å². The Balaban J connectivity index is 2.10. The number of nitrogens with one attached hydrogen (secondary N) is 2. The molecule has 0 amide bonds. The highest BCUT2D eigenvalue weighted by Gasteiger charge is 2.12. The molecule has 84 valence electrons. The van der Waals surface area contributed by atoms with Crippen LogP contribution in [0.15, 0.2) is 30.5 Å². The number of rotatable bonds is 4. The summed E-state index contributed by atoms with van der Waals surface area (Å²) in [5.41, 5.74) is 6.04. The van der Waals surface area contributed by atoms with Gasteiger partial charge in [-0.3, -0.25) is 11.3 Å². The molecule has 0 aliphatic rings. The molecule has 1 aromatic heterocycles. The van der Waals surface area contributed by atoms with Crippen LogP contribution in [0.5, 0.6) is 0 Å². The third-order valence-corrected chi connectivity index (χ3v) is 2.55. The van der Waals surface area contributed by atoms with Crippen LogP contribution in [0.25, 0.3) is 0 Å². The Bertz CT molecular complexity index is 420. The van der Waals surface area contributed by atoms with E-state index in [-0.39, 0.29) is 6.04 Å². The molecule has 1 atom stereocenters. The maximum Gasteiger partial charge on any atom is 0.101 e. The summed E-state index contributed by atoms with van der Waals surface area (Å²) in [4.78, 5) is 0. The lowest BCUT2D eigenvalue weighted by atomic mass is 10.0. The van der Waals surface area contributed by atoms with Crippen molar-refractivity contribution in [3.8, 4) is 0 Å². The van der Waals surface area contributed by atoms with Crippen LogP contribution in [0, 0.1) is 6.92 Å². The number of aromatic amines is 1. The van der Waals surface area contributed by atoms with Crippen LogP contribution in [0.2, 0.25) is 0 Å². The minimum atomic E-state index is -0.0125. The number of hydrazine groups is 1. The summed E-state index contributed by atoms with van der Waals surface area (Å²) in [7, 11) is 0. The molecule has 5 nitrogen and oxygen atoms in total. The SMILES string of the molecule is Cc1ccc(CC(NN)c2cn[nH]n2)cc1. The lowest BCUT2D eigenvalue weighted by molar-refractivity contribution is 0.537. The highest BCUT2D eigenvalue weighted by molar-refractivity contribution is 5.23. The van der Waals surface area contributed by atoms with Gasteiger partial charge in [0.1, 0.15) is 5.69 Å². The Morgan fingerprint density at radius 1 is 1.38 bits per heavy atom. The summed E-state index contributed by atoms with van der Waals surface area (Å²) < 4.78 is 0. The van der Waals surface area contributed by atoms with Crippen LogP contribution >= 0.6 is 0 Å². The first-order valence-corrected chi connectivity index (χ1v) is 5.17. The summed E-state index contributed by atoms with van der Waals surface area (Å²) in [6.45, 7) is 2.07. The second-order valence-electron chi connectivity index (χ2n) is 3.80. The maximum atomic E-state index is 5.51. The largest absolute Gasteiger partial charge is 0.271 e. The first-order chi connectivity index (χ1) is 7.79. The third-order valence-electron chi connectivity index (χ3n) is 2.55. The number of benzene rings is 1. The van der Waals surface area contributed by atoms with Crippen molar-refractivity contribution in [1.82, 2.24) is 20.8 Å². The summed E-state index contributed by atoms with van der Waals surface area (Å²) in [5, 5.41) is 10.4. The predicted octanol–water partition coefficient (Wildman–Crippen LogP) is 0.860. The Morgan fingerprint density at radius 2 is 2.12 bits per heavy atom. The molecule has 1 heterocycles. The molecule has 5 heteroatoms. The Kier molecular flexibility index (Phi) is 3.28. The molecule has 0 aliphatic carbocycles. The maximum absolute atomic E-state index is 5.51. The zero-order chi connectivity index (χ0) is 11.4. The highest BCUT2D eigenvalue weighted by Crippen LogP contribution is 2.15. The molecular formula is C11H15N5. The standard InChI is InChI=1S/C11H15N5/c1-8-2-4-9(5-3-8)6-10(14-12)11-7-13-16-15-11/h2-5,7,10,14H,6,12H2,1H3,(H,13,15,16). The minimum absolute atomic E-state index is 0.0125. The minimum Gasteiger partial charge on any atom is -0.271 e. The fraction of sp³-hybridized carbons (Fsp3) is 0.273. The first kappa shape index (κ1) is 10.8. The van der Waals surface area contributed by atoms with Crippen LogP contribution in [0.1, 0.15) is 22.9 Å². The third kappa shape index (κ3) is 2.44. The smallest absolute Gasteiger partial charge is 0.101 e. The monoisotopic (exact) mass is 217 g/mol. The van der Waals surface area contributed by atoms with Gasteiger partial charge in [-0.25, -0.2) is 0 Å². The molecule has 0 aliphatic heterocycles. The number of aryl methyl sites for hydroxylation is 1. The molecule has 16 heavy (non-hydrogen) atoms. The fourth-order valence-corrected chi connectivity index (χ4v) is 1.59. The molecule has 2 aromatic rings. The summed E-state index contributed by atoms with van der Waals surface area (Å²) in [6, 6.07) is 8.36. The Labute approximate surface area is 94.0 Å². The number of aromatic nitrogens is 3. The molecule has 1 aromatic carbocycles. The molecule has 0 bridgehead atoms. The van der Waals surface area contributed by atoms with E-state index in [1.54, 1.807) is 6.20 Å². The summed E-state index contributed by atoms with van der Waals surface area (Å²) >= 11 is 0. The van der Waals surface area contributed by atoms with Crippen molar-refractivity contribution < 1.29 is 0 Å². The van der Waals surface area contributed by atoms with Gasteiger partial charge in [0.2, 0.25) is 0 Å². The molecule has 0 radical (unpaired) electrons. The quantitative estimate of drug-likeness (QED) is 0.524. The predicted molar refractivity (Wildman–Crippen MR) is 61.3 cm³/mol. The van der Waals surface area contributed by atoms with Gasteiger partial charge in [0.15, 0.2) is 0 Å². The Hall–Kier alpha value is -1.72. The molecule has 1 unspecified atom stereocenters. The second-order valence-corrected chi connectivity index (χ2v) is 3.80. The summed E-state index contributed by atoms with van der Waals surface area (Å²) in [6.07, 6.45) is 2.47. The normalized spacial score (nSPS) is 12.6. The molecular weight excluding hydrogens is 202 g/mol. The lowest BCUT2D eigenvalue weighted by Gasteiger charge is -2.12. The van der Waals surface area contributed by atoms with Crippen molar-refractivity contribution in [2.24, 2.45) is 5.84 Å². The van der Waals surface area contributed by atoms with Crippen molar-refractivity contribution in [1.29, 1.82) is 0 Å². The zero-order valence-corrected chi connectivity index (χ0v) is 9.14. The average molecular weight is 217 g/mol. The van der Waals surface area contributed by atoms with Crippen LogP contribution in [0.4, 0.5) is 0 Å². The van der Waals surface area contributed by atoms with Crippen molar-refractivity contribution in [2.45, 2.75) is 19.4 Å². The van der Waals surface area contributed by atoms with E-state index >= 15 is 0 Å². The number of H-pyrrole nitrogens is 1. The second kappa shape index (κ2) is 4.87. The van der Waals surface area contributed by atoms with Crippen molar-refractivity contribution >= 4 is 0 Å². The van der Waals surface area contributed by atoms with Gasteiger partial charge in [0, 0.05) is 0 Å². The van der Waals surface area contributed by atoms with E-state index in [0.717, 1.165) is 12.1 Å². The Morgan fingerprint density at radius 3 is 2.69 bits per heavy atom. The number of hydrogen-bond donors (Lipinski definition) is 3. The molecule has 0 saturated carbocycles. The van der Waals surface area contributed by atoms with E-state index in [9.17, 15) is 0 Å². The van der Waals surface area contributed by atoms with E-state index in [4.69, 9.17) is 5.84 Å². The van der Waals surface area contributed by atoms with Gasteiger partial charge in [-0.1, -0.05) is 29.8 Å². The first-order valence-electron chi connectivity index (χ1n) is 5.17. The highest BCUT2D eigenvalue weighted by atomic mass is 15.3. The van der Waals surface area contributed by atoms with E-state index in [1.807, 2.05) is 0 Å². The van der Waals surface area contributed by atoms with Gasteiger partial charge in [0.25, 0.3) is 0 Å². The number of nitrogens with zero attached hydrogens (tertiary/aromatic N) is 2. The molecule has 0 saturated heterocycles. The van der Waals surface area contributed by atoms with Crippen molar-refractivity contribution in [3.05, 3.63) is 47.3 Å². The van der Waals surface area contributed by atoms with Crippen LogP contribution in [-0.2, 0) is 6.42 Å². The van der Waals surface area contributed by atoms with Crippen molar-refractivity contribution in [2.75, 3.05) is 0 Å². The van der Waals surface area contributed by atoms with E-state index < -0.39 is 0 Å². The van der Waals surface area contributed by atoms with E-state index in [2.05, 4.69) is 52.0 Å². The molecule has 0 fully saturated rings. The number of nitrogens with two attached hydrogens (primary N) is 1. The molecule has 0 spiro atoms. The van der Waals surface area contributed by atoms with Crippen LogP contribution in [-0.4, -0.2) is 15.4 Å². The van der Waals surface area contributed by atoms with Gasteiger partial charge >= 0.3 is 0 Å².